The van der Waals surface area contributed by atoms with Gasteiger partial charge in [0.25, 0.3) is 0 Å². The lowest BCUT2D eigenvalue weighted by Crippen LogP contribution is -2.31. The molecule has 2 unspecified atom stereocenters. The normalized spacial score (nSPS) is 16.0. The van der Waals surface area contributed by atoms with E-state index in [0.717, 1.165) is 19.1 Å². The van der Waals surface area contributed by atoms with E-state index in [4.69, 9.17) is 4.74 Å². The fourth-order valence-corrected chi connectivity index (χ4v) is 1.32. The Labute approximate surface area is 76.7 Å². The van der Waals surface area contributed by atoms with Crippen molar-refractivity contribution >= 4 is 0 Å². The van der Waals surface area contributed by atoms with Gasteiger partial charge in [-0.2, -0.15) is 0 Å². The molecule has 0 radical (unpaired) electrons. The third kappa shape index (κ3) is 5.56. The summed E-state index contributed by atoms with van der Waals surface area (Å²) in [6.07, 6.45) is 2.43. The van der Waals surface area contributed by atoms with Crippen LogP contribution in [0.25, 0.3) is 0 Å². The van der Waals surface area contributed by atoms with Crippen LogP contribution in [0.15, 0.2) is 0 Å². The van der Waals surface area contributed by atoms with Crippen LogP contribution in [0.2, 0.25) is 0 Å². The maximum absolute atomic E-state index is 5.01. The van der Waals surface area contributed by atoms with Gasteiger partial charge in [0.05, 0.1) is 0 Å². The van der Waals surface area contributed by atoms with Crippen LogP contribution in [0.5, 0.6) is 0 Å². The van der Waals surface area contributed by atoms with Crippen LogP contribution in [0.1, 0.15) is 33.6 Å². The molecule has 0 saturated heterocycles. The number of ether oxygens (including phenoxy) is 1. The number of nitrogens with one attached hydrogen (secondary N) is 1. The first-order valence-corrected chi connectivity index (χ1v) is 4.94. The maximum atomic E-state index is 5.01. The van der Waals surface area contributed by atoms with E-state index in [2.05, 4.69) is 26.1 Å². The van der Waals surface area contributed by atoms with E-state index in [1.54, 1.807) is 7.11 Å². The van der Waals surface area contributed by atoms with Gasteiger partial charge in [0, 0.05) is 19.8 Å². The van der Waals surface area contributed by atoms with Crippen molar-refractivity contribution in [1.82, 2.24) is 5.32 Å². The Kier molecular flexibility index (Phi) is 7.51. The van der Waals surface area contributed by atoms with Crippen molar-refractivity contribution in [2.75, 3.05) is 20.3 Å². The minimum atomic E-state index is 0.631. The largest absolute Gasteiger partial charge is 0.385 e. The molecule has 0 fully saturated rings. The zero-order valence-electron chi connectivity index (χ0n) is 8.89. The summed E-state index contributed by atoms with van der Waals surface area (Å²) in [6, 6.07) is 0.631. The SMILES string of the molecule is CCNC(C)C(C)CCCOC. The van der Waals surface area contributed by atoms with Crippen LogP contribution in [0.4, 0.5) is 0 Å². The first-order valence-electron chi connectivity index (χ1n) is 4.94. The monoisotopic (exact) mass is 173 g/mol. The predicted octanol–water partition coefficient (Wildman–Crippen LogP) is 2.05. The van der Waals surface area contributed by atoms with Gasteiger partial charge in [-0.3, -0.25) is 0 Å². The molecular weight excluding hydrogens is 150 g/mol. The van der Waals surface area contributed by atoms with Crippen LogP contribution in [0.3, 0.4) is 0 Å². The van der Waals surface area contributed by atoms with Crippen LogP contribution >= 0.6 is 0 Å². The molecule has 0 aliphatic carbocycles. The average molecular weight is 173 g/mol. The summed E-state index contributed by atoms with van der Waals surface area (Å²) >= 11 is 0. The first kappa shape index (κ1) is 11.9. The highest BCUT2D eigenvalue weighted by Gasteiger charge is 2.09. The van der Waals surface area contributed by atoms with E-state index in [-0.39, 0.29) is 0 Å². The van der Waals surface area contributed by atoms with Crippen molar-refractivity contribution in [2.45, 2.75) is 39.7 Å². The fourth-order valence-electron chi connectivity index (χ4n) is 1.32. The highest BCUT2D eigenvalue weighted by atomic mass is 16.5. The summed E-state index contributed by atoms with van der Waals surface area (Å²) in [5, 5.41) is 3.43. The Hall–Kier alpha value is -0.0800. The van der Waals surface area contributed by atoms with E-state index in [9.17, 15) is 0 Å². The molecule has 2 atom stereocenters. The number of rotatable bonds is 7. The van der Waals surface area contributed by atoms with Crippen molar-refractivity contribution < 1.29 is 4.74 Å². The maximum Gasteiger partial charge on any atom is 0.0462 e. The van der Waals surface area contributed by atoms with Gasteiger partial charge in [0.2, 0.25) is 0 Å². The van der Waals surface area contributed by atoms with E-state index < -0.39 is 0 Å². The molecule has 2 nitrogen and oxygen atoms in total. The zero-order chi connectivity index (χ0) is 9.40. The van der Waals surface area contributed by atoms with Crippen LogP contribution < -0.4 is 5.32 Å². The van der Waals surface area contributed by atoms with Crippen molar-refractivity contribution in [3.05, 3.63) is 0 Å². The third-order valence-electron chi connectivity index (χ3n) is 2.39. The summed E-state index contributed by atoms with van der Waals surface area (Å²) in [4.78, 5) is 0. The number of methoxy groups -OCH3 is 1. The molecule has 0 aliphatic rings. The summed E-state index contributed by atoms with van der Waals surface area (Å²) in [5.74, 6) is 0.750. The molecule has 0 aromatic carbocycles. The molecule has 0 aromatic heterocycles. The molecule has 0 spiro atoms. The summed E-state index contributed by atoms with van der Waals surface area (Å²) < 4.78 is 5.01. The first-order chi connectivity index (χ1) is 5.72. The molecule has 12 heavy (non-hydrogen) atoms. The Balaban J connectivity index is 3.35. The predicted molar refractivity (Wildman–Crippen MR) is 53.4 cm³/mol. The smallest absolute Gasteiger partial charge is 0.0462 e. The zero-order valence-corrected chi connectivity index (χ0v) is 8.89. The molecule has 74 valence electrons. The standard InChI is InChI=1S/C10H23NO/c1-5-11-10(3)9(2)7-6-8-12-4/h9-11H,5-8H2,1-4H3. The van der Waals surface area contributed by atoms with E-state index in [1.165, 1.54) is 12.8 Å². The second-order valence-corrected chi connectivity index (χ2v) is 3.46. The van der Waals surface area contributed by atoms with Crippen LogP contribution in [0, 0.1) is 5.92 Å². The van der Waals surface area contributed by atoms with Crippen molar-refractivity contribution in [1.29, 1.82) is 0 Å². The van der Waals surface area contributed by atoms with Gasteiger partial charge in [-0.1, -0.05) is 13.8 Å². The minimum absolute atomic E-state index is 0.631. The molecule has 0 aliphatic heterocycles. The molecule has 1 N–H and O–H groups in total. The Bertz CT molecular complexity index is 95.8. The van der Waals surface area contributed by atoms with Gasteiger partial charge < -0.3 is 10.1 Å². The van der Waals surface area contributed by atoms with E-state index in [0.29, 0.717) is 6.04 Å². The van der Waals surface area contributed by atoms with Crippen molar-refractivity contribution in [3.63, 3.8) is 0 Å². The van der Waals surface area contributed by atoms with Gasteiger partial charge in [-0.25, -0.2) is 0 Å². The molecule has 0 bridgehead atoms. The summed E-state index contributed by atoms with van der Waals surface area (Å²) in [6.45, 7) is 8.65. The summed E-state index contributed by atoms with van der Waals surface area (Å²) in [5.41, 5.74) is 0. The lowest BCUT2D eigenvalue weighted by molar-refractivity contribution is 0.184. The fraction of sp³-hybridized carbons (Fsp3) is 1.00. The average Bonchev–Trinajstić information content (AvgIpc) is 2.05. The molecular formula is C10H23NO. The van der Waals surface area contributed by atoms with E-state index >= 15 is 0 Å². The van der Waals surface area contributed by atoms with Crippen molar-refractivity contribution in [2.24, 2.45) is 5.92 Å². The second-order valence-electron chi connectivity index (χ2n) is 3.46. The minimum Gasteiger partial charge on any atom is -0.385 e. The third-order valence-corrected chi connectivity index (χ3v) is 2.39. The number of hydrogen-bond donors (Lipinski definition) is 1. The Morgan fingerprint density at radius 3 is 2.50 bits per heavy atom. The van der Waals surface area contributed by atoms with Gasteiger partial charge in [0.15, 0.2) is 0 Å². The Morgan fingerprint density at radius 2 is 2.00 bits per heavy atom. The summed E-state index contributed by atoms with van der Waals surface area (Å²) in [7, 11) is 1.76. The molecule has 2 heteroatoms. The van der Waals surface area contributed by atoms with Gasteiger partial charge >= 0.3 is 0 Å². The quantitative estimate of drug-likeness (QED) is 0.595. The molecule has 0 saturated carbocycles. The lowest BCUT2D eigenvalue weighted by Gasteiger charge is -2.20. The van der Waals surface area contributed by atoms with Crippen molar-refractivity contribution in [3.8, 4) is 0 Å². The lowest BCUT2D eigenvalue weighted by atomic mass is 9.98. The van der Waals surface area contributed by atoms with Crippen LogP contribution in [-0.4, -0.2) is 26.3 Å². The molecule has 0 aromatic rings. The van der Waals surface area contributed by atoms with Gasteiger partial charge in [-0.05, 0) is 32.2 Å². The molecule has 0 rings (SSSR count). The van der Waals surface area contributed by atoms with Crippen LogP contribution in [-0.2, 0) is 4.74 Å². The second kappa shape index (κ2) is 7.56. The molecule has 0 amide bonds. The van der Waals surface area contributed by atoms with Gasteiger partial charge in [0.1, 0.15) is 0 Å². The van der Waals surface area contributed by atoms with E-state index in [1.807, 2.05) is 0 Å². The highest BCUT2D eigenvalue weighted by molar-refractivity contribution is 4.67. The molecule has 0 heterocycles. The Morgan fingerprint density at radius 1 is 1.33 bits per heavy atom. The number of hydrogen-bond acceptors (Lipinski definition) is 2. The topological polar surface area (TPSA) is 21.3 Å². The van der Waals surface area contributed by atoms with Gasteiger partial charge in [-0.15, -0.1) is 0 Å². The highest BCUT2D eigenvalue weighted by Crippen LogP contribution is 2.10.